The van der Waals surface area contributed by atoms with E-state index in [4.69, 9.17) is 0 Å². The summed E-state index contributed by atoms with van der Waals surface area (Å²) in [5.74, 6) is -1.14. The van der Waals surface area contributed by atoms with Gasteiger partial charge in [0.05, 0.1) is 23.5 Å². The zero-order chi connectivity index (χ0) is 17.0. The highest BCUT2D eigenvalue weighted by atomic mass is 16.3. The van der Waals surface area contributed by atoms with Crippen LogP contribution in [0.3, 0.4) is 0 Å². The summed E-state index contributed by atoms with van der Waals surface area (Å²) in [6.45, 7) is 7.60. The summed E-state index contributed by atoms with van der Waals surface area (Å²) < 4.78 is 0. The van der Waals surface area contributed by atoms with Crippen LogP contribution in [0.4, 0.5) is 0 Å². The Morgan fingerprint density at radius 3 is 2.35 bits per heavy atom. The molecule has 1 saturated heterocycles. The van der Waals surface area contributed by atoms with Crippen molar-refractivity contribution >= 4 is 11.8 Å². The highest BCUT2D eigenvalue weighted by Gasteiger charge is 2.64. The first-order chi connectivity index (χ1) is 10.7. The first kappa shape index (κ1) is 15.9. The van der Waals surface area contributed by atoms with E-state index in [-0.39, 0.29) is 23.3 Å². The lowest BCUT2D eigenvalue weighted by molar-refractivity contribution is -0.150. The van der Waals surface area contributed by atoms with Crippen LogP contribution in [-0.2, 0) is 9.59 Å². The van der Waals surface area contributed by atoms with Gasteiger partial charge in [-0.3, -0.25) is 14.5 Å². The summed E-state index contributed by atoms with van der Waals surface area (Å²) in [5.41, 5.74) is -0.284. The van der Waals surface area contributed by atoms with Crippen LogP contribution in [0.15, 0.2) is 42.5 Å². The quantitative estimate of drug-likeness (QED) is 0.873. The van der Waals surface area contributed by atoms with Gasteiger partial charge in [-0.15, -0.1) is 0 Å². The summed E-state index contributed by atoms with van der Waals surface area (Å²) in [6.07, 6.45) is 2.94. The van der Waals surface area contributed by atoms with Gasteiger partial charge in [0.1, 0.15) is 0 Å². The van der Waals surface area contributed by atoms with E-state index in [0.29, 0.717) is 5.56 Å². The molecule has 2 bridgehead atoms. The first-order valence-electron chi connectivity index (χ1n) is 8.01. The number of carbonyl (C=O) groups is 2. The number of hydrogen-bond acceptors (Lipinski definition) is 3. The number of carbonyl (C=O) groups excluding carboxylic acids is 2. The fourth-order valence-corrected chi connectivity index (χ4v) is 3.71. The minimum Gasteiger partial charge on any atom is -0.388 e. The maximum absolute atomic E-state index is 12.9. The standard InChI is InChI=1S/C19H23NO3/c1-12(15(21)13-8-6-5-7-9-13)16(22)20-14-10-11-19(4,17(20)23)18(14,2)3/h5-12,14-15,21H,1-4H3/t12-,14+,15+,19+/m1/s1. The Morgan fingerprint density at radius 2 is 1.83 bits per heavy atom. The van der Waals surface area contributed by atoms with Crippen LogP contribution in [0.25, 0.3) is 0 Å². The third-order valence-electron chi connectivity index (χ3n) is 5.87. The van der Waals surface area contributed by atoms with Crippen molar-refractivity contribution in [2.24, 2.45) is 16.7 Å². The lowest BCUT2D eigenvalue weighted by Crippen LogP contribution is -2.46. The van der Waals surface area contributed by atoms with Gasteiger partial charge >= 0.3 is 0 Å². The van der Waals surface area contributed by atoms with E-state index in [1.807, 2.05) is 51.1 Å². The molecule has 1 aromatic rings. The summed E-state index contributed by atoms with van der Waals surface area (Å²) >= 11 is 0. The Labute approximate surface area is 136 Å². The van der Waals surface area contributed by atoms with Gasteiger partial charge in [0.2, 0.25) is 11.8 Å². The van der Waals surface area contributed by atoms with Crippen molar-refractivity contribution in [3.8, 4) is 0 Å². The van der Waals surface area contributed by atoms with Crippen LogP contribution in [0.2, 0.25) is 0 Å². The van der Waals surface area contributed by atoms with Crippen LogP contribution in [-0.4, -0.2) is 27.9 Å². The highest BCUT2D eigenvalue weighted by molar-refractivity contribution is 6.04. The van der Waals surface area contributed by atoms with E-state index in [1.165, 1.54) is 4.90 Å². The fourth-order valence-electron chi connectivity index (χ4n) is 3.71. The van der Waals surface area contributed by atoms with Crippen molar-refractivity contribution in [2.75, 3.05) is 0 Å². The number of aliphatic hydroxyl groups excluding tert-OH is 1. The third-order valence-corrected chi connectivity index (χ3v) is 5.87. The fraction of sp³-hybridized carbons (Fsp3) is 0.474. The average molecular weight is 313 g/mol. The molecule has 4 nitrogen and oxygen atoms in total. The van der Waals surface area contributed by atoms with Crippen LogP contribution >= 0.6 is 0 Å². The normalized spacial score (nSPS) is 30.6. The maximum atomic E-state index is 12.9. The molecule has 3 rings (SSSR count). The number of rotatable bonds is 3. The molecule has 0 unspecified atom stereocenters. The largest absolute Gasteiger partial charge is 0.388 e. The van der Waals surface area contributed by atoms with Gasteiger partial charge in [-0.05, 0) is 12.5 Å². The van der Waals surface area contributed by atoms with E-state index in [2.05, 4.69) is 0 Å². The molecule has 1 aliphatic carbocycles. The molecule has 1 heterocycles. The second-order valence-corrected chi connectivity index (χ2v) is 7.39. The zero-order valence-electron chi connectivity index (χ0n) is 14.0. The monoisotopic (exact) mass is 313 g/mol. The van der Waals surface area contributed by atoms with Crippen molar-refractivity contribution < 1.29 is 14.7 Å². The average Bonchev–Trinajstić information content (AvgIpc) is 2.86. The van der Waals surface area contributed by atoms with Crippen molar-refractivity contribution in [1.29, 1.82) is 0 Å². The van der Waals surface area contributed by atoms with Gasteiger partial charge in [-0.25, -0.2) is 0 Å². The van der Waals surface area contributed by atoms with Crippen molar-refractivity contribution in [3.63, 3.8) is 0 Å². The second-order valence-electron chi connectivity index (χ2n) is 7.39. The summed E-state index contributed by atoms with van der Waals surface area (Å²) in [5, 5.41) is 10.5. The Hall–Kier alpha value is -1.94. The molecule has 1 aromatic carbocycles. The summed E-state index contributed by atoms with van der Waals surface area (Å²) in [7, 11) is 0. The van der Waals surface area contributed by atoms with E-state index in [9.17, 15) is 14.7 Å². The van der Waals surface area contributed by atoms with Crippen LogP contribution in [0.5, 0.6) is 0 Å². The number of nitrogens with zero attached hydrogens (tertiary/aromatic N) is 1. The molecular weight excluding hydrogens is 290 g/mol. The predicted molar refractivity (Wildman–Crippen MR) is 87.2 cm³/mol. The van der Waals surface area contributed by atoms with Gasteiger partial charge in [-0.2, -0.15) is 0 Å². The van der Waals surface area contributed by atoms with Crippen molar-refractivity contribution in [3.05, 3.63) is 48.0 Å². The number of likely N-dealkylation sites (tertiary alicyclic amines) is 1. The molecule has 2 aliphatic rings. The molecule has 0 saturated carbocycles. The molecule has 1 aliphatic heterocycles. The molecule has 4 heteroatoms. The molecule has 122 valence electrons. The number of hydrogen-bond donors (Lipinski definition) is 1. The van der Waals surface area contributed by atoms with Gasteiger partial charge in [0.25, 0.3) is 0 Å². The minimum absolute atomic E-state index is 0.160. The van der Waals surface area contributed by atoms with E-state index in [1.54, 1.807) is 19.1 Å². The Kier molecular flexibility index (Phi) is 3.49. The molecule has 23 heavy (non-hydrogen) atoms. The van der Waals surface area contributed by atoms with Gasteiger partial charge in [0.15, 0.2) is 0 Å². The number of benzene rings is 1. The number of imide groups is 1. The molecule has 1 N–H and O–H groups in total. The predicted octanol–water partition coefficient (Wildman–Crippen LogP) is 2.70. The smallest absolute Gasteiger partial charge is 0.240 e. The summed E-state index contributed by atoms with van der Waals surface area (Å²) in [4.78, 5) is 27.0. The van der Waals surface area contributed by atoms with Crippen LogP contribution < -0.4 is 0 Å². The zero-order valence-corrected chi connectivity index (χ0v) is 14.0. The highest BCUT2D eigenvalue weighted by Crippen LogP contribution is 2.57. The molecule has 1 fully saturated rings. The number of aliphatic hydroxyl groups is 1. The molecule has 0 aromatic heterocycles. The van der Waals surface area contributed by atoms with E-state index >= 15 is 0 Å². The van der Waals surface area contributed by atoms with Gasteiger partial charge < -0.3 is 5.11 Å². The third kappa shape index (κ3) is 2.01. The van der Waals surface area contributed by atoms with Gasteiger partial charge in [-0.1, -0.05) is 63.3 Å². The topological polar surface area (TPSA) is 57.6 Å². The molecule has 0 radical (unpaired) electrons. The number of fused-ring (bicyclic) bond motifs is 2. The maximum Gasteiger partial charge on any atom is 0.240 e. The Bertz CT molecular complexity index is 679. The minimum atomic E-state index is -0.921. The van der Waals surface area contributed by atoms with E-state index in [0.717, 1.165) is 0 Å². The first-order valence-corrected chi connectivity index (χ1v) is 8.01. The van der Waals surface area contributed by atoms with Gasteiger partial charge in [0, 0.05) is 5.41 Å². The lowest BCUT2D eigenvalue weighted by Gasteiger charge is -2.30. The molecule has 2 amide bonds. The molecule has 0 spiro atoms. The van der Waals surface area contributed by atoms with Crippen molar-refractivity contribution in [1.82, 2.24) is 4.90 Å². The summed E-state index contributed by atoms with van der Waals surface area (Å²) in [6, 6.07) is 8.85. The second kappa shape index (κ2) is 5.03. The SMILES string of the molecule is C[C@@H](C(=O)N1C(=O)[C@]2(C)C=C[C@H]1C2(C)C)[C@H](O)c1ccccc1. The molecule has 4 atom stereocenters. The van der Waals surface area contributed by atoms with Crippen LogP contribution in [0, 0.1) is 16.7 Å². The molecular formula is C19H23NO3. The van der Waals surface area contributed by atoms with Crippen molar-refractivity contribution in [2.45, 2.75) is 39.8 Å². The lowest BCUT2D eigenvalue weighted by atomic mass is 9.70. The van der Waals surface area contributed by atoms with E-state index < -0.39 is 17.4 Å². The van der Waals surface area contributed by atoms with Crippen LogP contribution in [0.1, 0.15) is 39.4 Å². The Balaban J connectivity index is 1.87. The Morgan fingerprint density at radius 1 is 1.22 bits per heavy atom. The number of amides is 2.